The minimum Gasteiger partial charge on any atom is -0.450 e. The van der Waals surface area contributed by atoms with Crippen LogP contribution in [0.3, 0.4) is 0 Å². The molecular formula is C9H16BO. The van der Waals surface area contributed by atoms with E-state index in [0.717, 1.165) is 7.48 Å². The zero-order valence-electron chi connectivity index (χ0n) is 7.54. The molecule has 0 bridgehead atoms. The van der Waals surface area contributed by atoms with E-state index < -0.39 is 0 Å². The standard InChI is InChI=1S/C7H10BO.C2H6/c1-3-5-6-7(4-2)8-9;1-2/h3-6,9H,2H2,1H3;1-2H3/b5-3-,7-6+;. The molecule has 0 saturated heterocycles. The monoisotopic (exact) mass is 151 g/mol. The van der Waals surface area contributed by atoms with Crippen LogP contribution in [0, 0.1) is 0 Å². The maximum Gasteiger partial charge on any atom is 0.326 e. The molecule has 61 valence electrons. The van der Waals surface area contributed by atoms with Crippen LogP contribution in [0.1, 0.15) is 20.8 Å². The first-order chi connectivity index (χ1) is 5.35. The fourth-order valence-corrected chi connectivity index (χ4v) is 0.371. The molecule has 0 spiro atoms. The van der Waals surface area contributed by atoms with Crippen molar-refractivity contribution in [3.63, 3.8) is 0 Å². The van der Waals surface area contributed by atoms with Gasteiger partial charge < -0.3 is 5.02 Å². The molecule has 0 unspecified atom stereocenters. The van der Waals surface area contributed by atoms with E-state index in [9.17, 15) is 0 Å². The van der Waals surface area contributed by atoms with Crippen LogP contribution in [0.2, 0.25) is 0 Å². The SMILES string of the molecule is C=C/C([B]O)=C\C=C/C.CC. The zero-order valence-corrected chi connectivity index (χ0v) is 7.54. The Kier molecular flexibility index (Phi) is 14.0. The Bertz CT molecular complexity index is 136. The predicted molar refractivity (Wildman–Crippen MR) is 52.4 cm³/mol. The lowest BCUT2D eigenvalue weighted by Gasteiger charge is -1.86. The third kappa shape index (κ3) is 9.24. The van der Waals surface area contributed by atoms with Crippen LogP contribution in [0.4, 0.5) is 0 Å². The molecule has 0 fully saturated rings. The Morgan fingerprint density at radius 3 is 2.27 bits per heavy atom. The number of rotatable bonds is 3. The molecule has 1 N–H and O–H groups in total. The normalized spacial score (nSPS) is 10.4. The lowest BCUT2D eigenvalue weighted by molar-refractivity contribution is 0.612. The van der Waals surface area contributed by atoms with Crippen molar-refractivity contribution in [1.82, 2.24) is 0 Å². The molecule has 0 aromatic carbocycles. The second-order valence-electron chi connectivity index (χ2n) is 1.53. The van der Waals surface area contributed by atoms with Gasteiger partial charge in [-0.15, -0.1) is 0 Å². The molecule has 0 atom stereocenters. The summed E-state index contributed by atoms with van der Waals surface area (Å²) in [6.45, 7) is 9.40. The van der Waals surface area contributed by atoms with Gasteiger partial charge in [0, 0.05) is 0 Å². The molecule has 11 heavy (non-hydrogen) atoms. The van der Waals surface area contributed by atoms with Gasteiger partial charge in [0.05, 0.1) is 0 Å². The molecule has 1 radical (unpaired) electrons. The van der Waals surface area contributed by atoms with Gasteiger partial charge in [0.15, 0.2) is 0 Å². The summed E-state index contributed by atoms with van der Waals surface area (Å²) < 4.78 is 0. The molecule has 0 aliphatic carbocycles. The van der Waals surface area contributed by atoms with Crippen LogP contribution >= 0.6 is 0 Å². The van der Waals surface area contributed by atoms with Crippen molar-refractivity contribution < 1.29 is 5.02 Å². The van der Waals surface area contributed by atoms with Crippen LogP contribution in [-0.4, -0.2) is 12.5 Å². The van der Waals surface area contributed by atoms with E-state index in [1.165, 1.54) is 0 Å². The lowest BCUT2D eigenvalue weighted by Crippen LogP contribution is -1.88. The van der Waals surface area contributed by atoms with Crippen molar-refractivity contribution in [3.8, 4) is 0 Å². The second-order valence-corrected chi connectivity index (χ2v) is 1.53. The van der Waals surface area contributed by atoms with E-state index in [1.807, 2.05) is 32.9 Å². The topological polar surface area (TPSA) is 20.2 Å². The Morgan fingerprint density at radius 1 is 1.45 bits per heavy atom. The molecule has 0 aliphatic heterocycles. The molecule has 0 aliphatic rings. The van der Waals surface area contributed by atoms with Crippen molar-refractivity contribution in [2.75, 3.05) is 0 Å². The molecule has 0 heterocycles. The highest BCUT2D eigenvalue weighted by Crippen LogP contribution is 1.90. The summed E-state index contributed by atoms with van der Waals surface area (Å²) in [5, 5.41) is 8.45. The first kappa shape index (κ1) is 12.9. The fourth-order valence-electron chi connectivity index (χ4n) is 0.371. The Hall–Kier alpha value is -0.755. The quantitative estimate of drug-likeness (QED) is 0.484. The molecule has 0 aromatic rings. The van der Waals surface area contributed by atoms with Crippen molar-refractivity contribution in [2.45, 2.75) is 20.8 Å². The first-order valence-corrected chi connectivity index (χ1v) is 3.78. The summed E-state index contributed by atoms with van der Waals surface area (Å²) >= 11 is 0. The third-order valence-corrected chi connectivity index (χ3v) is 0.866. The van der Waals surface area contributed by atoms with Gasteiger partial charge in [-0.05, 0) is 6.92 Å². The van der Waals surface area contributed by atoms with E-state index in [0.29, 0.717) is 5.47 Å². The molecule has 0 saturated carbocycles. The minimum atomic E-state index is 0.716. The zero-order chi connectivity index (χ0) is 9.11. The molecule has 1 nitrogen and oxygen atoms in total. The Morgan fingerprint density at radius 2 is 2.00 bits per heavy atom. The van der Waals surface area contributed by atoms with Gasteiger partial charge in [0.1, 0.15) is 0 Å². The van der Waals surface area contributed by atoms with Gasteiger partial charge in [-0.1, -0.05) is 50.2 Å². The smallest absolute Gasteiger partial charge is 0.326 e. The maximum absolute atomic E-state index is 8.45. The molecule has 0 rings (SSSR count). The number of hydrogen-bond donors (Lipinski definition) is 1. The van der Waals surface area contributed by atoms with Gasteiger partial charge in [-0.2, -0.15) is 0 Å². The molecular weight excluding hydrogens is 135 g/mol. The number of allylic oxidation sites excluding steroid dienone is 5. The van der Waals surface area contributed by atoms with Gasteiger partial charge >= 0.3 is 7.48 Å². The van der Waals surface area contributed by atoms with E-state index in [2.05, 4.69) is 6.58 Å². The van der Waals surface area contributed by atoms with Gasteiger partial charge in [0.25, 0.3) is 0 Å². The van der Waals surface area contributed by atoms with Crippen LogP contribution in [0.25, 0.3) is 0 Å². The summed E-state index contributed by atoms with van der Waals surface area (Å²) in [7, 11) is 1.02. The second kappa shape index (κ2) is 12.0. The largest absolute Gasteiger partial charge is 0.450 e. The van der Waals surface area contributed by atoms with E-state index in [-0.39, 0.29) is 0 Å². The maximum atomic E-state index is 8.45. The highest BCUT2D eigenvalue weighted by Gasteiger charge is 1.86. The first-order valence-electron chi connectivity index (χ1n) is 3.78. The van der Waals surface area contributed by atoms with Gasteiger partial charge in [-0.25, -0.2) is 0 Å². The van der Waals surface area contributed by atoms with E-state index >= 15 is 0 Å². The third-order valence-electron chi connectivity index (χ3n) is 0.866. The average molecular weight is 151 g/mol. The van der Waals surface area contributed by atoms with Gasteiger partial charge in [0.2, 0.25) is 0 Å². The summed E-state index contributed by atoms with van der Waals surface area (Å²) in [4.78, 5) is 0. The van der Waals surface area contributed by atoms with E-state index in [1.54, 1.807) is 12.2 Å². The lowest BCUT2D eigenvalue weighted by atomic mass is 9.88. The van der Waals surface area contributed by atoms with Crippen LogP contribution in [0.5, 0.6) is 0 Å². The highest BCUT2D eigenvalue weighted by atomic mass is 16.2. The van der Waals surface area contributed by atoms with E-state index in [4.69, 9.17) is 5.02 Å². The predicted octanol–water partition coefficient (Wildman–Crippen LogP) is 2.27. The minimum absolute atomic E-state index is 0.716. The van der Waals surface area contributed by atoms with Crippen LogP contribution in [-0.2, 0) is 0 Å². The fraction of sp³-hybridized carbons (Fsp3) is 0.333. The van der Waals surface area contributed by atoms with Crippen molar-refractivity contribution in [2.24, 2.45) is 0 Å². The van der Waals surface area contributed by atoms with Crippen LogP contribution < -0.4 is 0 Å². The summed E-state index contributed by atoms with van der Waals surface area (Å²) in [5.41, 5.74) is 0.716. The highest BCUT2D eigenvalue weighted by molar-refractivity contribution is 6.37. The van der Waals surface area contributed by atoms with Crippen LogP contribution in [0.15, 0.2) is 36.4 Å². The molecule has 2 heteroatoms. The molecule has 0 aromatic heterocycles. The summed E-state index contributed by atoms with van der Waals surface area (Å²) in [6.07, 6.45) is 7.07. The average Bonchev–Trinajstić information content (AvgIpc) is 2.10. The molecule has 0 amide bonds. The van der Waals surface area contributed by atoms with Crippen molar-refractivity contribution >= 4 is 7.48 Å². The number of hydrogen-bond acceptors (Lipinski definition) is 1. The van der Waals surface area contributed by atoms with Gasteiger partial charge in [-0.3, -0.25) is 0 Å². The Balaban J connectivity index is 0. The Labute approximate surface area is 70.4 Å². The van der Waals surface area contributed by atoms with Crippen molar-refractivity contribution in [3.05, 3.63) is 36.4 Å². The van der Waals surface area contributed by atoms with Crippen molar-refractivity contribution in [1.29, 1.82) is 0 Å². The summed E-state index contributed by atoms with van der Waals surface area (Å²) in [5.74, 6) is 0. The summed E-state index contributed by atoms with van der Waals surface area (Å²) in [6, 6.07) is 0.